The first-order valence-electron chi connectivity index (χ1n) is 10.1. The van der Waals surface area contributed by atoms with Crippen LogP contribution in [-0.2, 0) is 17.9 Å². The van der Waals surface area contributed by atoms with Gasteiger partial charge in [0.25, 0.3) is 0 Å². The average molecular weight is 399 g/mol. The van der Waals surface area contributed by atoms with Gasteiger partial charge in [0.15, 0.2) is 0 Å². The molecule has 1 aromatic heterocycles. The van der Waals surface area contributed by atoms with E-state index in [-0.39, 0.29) is 5.92 Å². The maximum atomic E-state index is 12.9. The number of rotatable bonds is 5. The Hall–Kier alpha value is -1.95. The van der Waals surface area contributed by atoms with Crippen molar-refractivity contribution >= 4 is 17.5 Å². The highest BCUT2D eigenvalue weighted by Gasteiger charge is 2.35. The highest BCUT2D eigenvalue weighted by atomic mass is 35.5. The van der Waals surface area contributed by atoms with Crippen LogP contribution >= 0.6 is 11.6 Å². The molecule has 2 aromatic rings. The first kappa shape index (κ1) is 19.4. The third-order valence-electron chi connectivity index (χ3n) is 5.64. The summed E-state index contributed by atoms with van der Waals surface area (Å²) >= 11 is 5.94. The summed E-state index contributed by atoms with van der Waals surface area (Å²) in [4.78, 5) is 24.1. The molecule has 3 heterocycles. The van der Waals surface area contributed by atoms with Gasteiger partial charge in [-0.3, -0.25) is 19.6 Å². The van der Waals surface area contributed by atoms with Crippen molar-refractivity contribution in [3.63, 3.8) is 0 Å². The molecule has 0 N–H and O–H groups in total. The molecule has 6 heteroatoms. The average Bonchev–Trinajstić information content (AvgIpc) is 2.92. The van der Waals surface area contributed by atoms with Gasteiger partial charge >= 0.3 is 0 Å². The molecule has 2 saturated heterocycles. The largest absolute Gasteiger partial charge is 0.341 e. The SMILES string of the molecule is O=C(C1CN(Cc2ccc(Cl)cc2)C1)N1CCCN(Cc2ccccn2)CC1. The zero-order chi connectivity index (χ0) is 19.3. The van der Waals surface area contributed by atoms with E-state index in [2.05, 4.69) is 37.9 Å². The number of nitrogens with zero attached hydrogens (tertiary/aromatic N) is 4. The summed E-state index contributed by atoms with van der Waals surface area (Å²) in [6.45, 7) is 7.09. The summed E-state index contributed by atoms with van der Waals surface area (Å²) in [5, 5.41) is 0.763. The van der Waals surface area contributed by atoms with Gasteiger partial charge in [0.1, 0.15) is 0 Å². The van der Waals surface area contributed by atoms with Crippen LogP contribution in [0, 0.1) is 5.92 Å². The van der Waals surface area contributed by atoms with Gasteiger partial charge < -0.3 is 4.90 Å². The molecule has 0 spiro atoms. The number of amides is 1. The van der Waals surface area contributed by atoms with E-state index in [1.165, 1.54) is 5.56 Å². The van der Waals surface area contributed by atoms with Gasteiger partial charge in [0.05, 0.1) is 11.6 Å². The predicted octanol–water partition coefficient (Wildman–Crippen LogP) is 2.90. The number of aromatic nitrogens is 1. The van der Waals surface area contributed by atoms with E-state index in [1.54, 1.807) is 0 Å². The molecule has 1 amide bonds. The lowest BCUT2D eigenvalue weighted by molar-refractivity contribution is -0.141. The monoisotopic (exact) mass is 398 g/mol. The van der Waals surface area contributed by atoms with Crippen LogP contribution in [0.25, 0.3) is 0 Å². The number of halogens is 1. The van der Waals surface area contributed by atoms with Gasteiger partial charge in [0.2, 0.25) is 5.91 Å². The first-order chi connectivity index (χ1) is 13.7. The summed E-state index contributed by atoms with van der Waals surface area (Å²) in [7, 11) is 0. The second-order valence-electron chi connectivity index (χ2n) is 7.79. The molecule has 2 fully saturated rings. The van der Waals surface area contributed by atoms with Crippen molar-refractivity contribution in [1.82, 2.24) is 19.7 Å². The molecule has 1 aromatic carbocycles. The second kappa shape index (κ2) is 9.03. The Balaban J connectivity index is 1.23. The molecule has 0 aliphatic carbocycles. The van der Waals surface area contributed by atoms with Crippen LogP contribution in [0.5, 0.6) is 0 Å². The normalized spacial score (nSPS) is 19.2. The van der Waals surface area contributed by atoms with E-state index in [0.29, 0.717) is 5.91 Å². The Morgan fingerprint density at radius 1 is 0.964 bits per heavy atom. The smallest absolute Gasteiger partial charge is 0.228 e. The van der Waals surface area contributed by atoms with Crippen LogP contribution in [0.4, 0.5) is 0 Å². The summed E-state index contributed by atoms with van der Waals surface area (Å²) in [5.41, 5.74) is 2.34. The summed E-state index contributed by atoms with van der Waals surface area (Å²) < 4.78 is 0. The third kappa shape index (κ3) is 4.90. The van der Waals surface area contributed by atoms with Crippen molar-refractivity contribution in [1.29, 1.82) is 0 Å². The van der Waals surface area contributed by atoms with Gasteiger partial charge in [-0.15, -0.1) is 0 Å². The van der Waals surface area contributed by atoms with Crippen LogP contribution < -0.4 is 0 Å². The zero-order valence-electron chi connectivity index (χ0n) is 16.1. The number of benzene rings is 1. The van der Waals surface area contributed by atoms with E-state index in [0.717, 1.165) is 69.5 Å². The molecule has 4 rings (SSSR count). The minimum Gasteiger partial charge on any atom is -0.341 e. The van der Waals surface area contributed by atoms with Crippen LogP contribution in [0.3, 0.4) is 0 Å². The Bertz CT molecular complexity index is 777. The van der Waals surface area contributed by atoms with Crippen LogP contribution in [0.15, 0.2) is 48.7 Å². The fourth-order valence-electron chi connectivity index (χ4n) is 4.03. The summed E-state index contributed by atoms with van der Waals surface area (Å²) in [5.74, 6) is 0.474. The lowest BCUT2D eigenvalue weighted by Gasteiger charge is -2.40. The highest BCUT2D eigenvalue weighted by Crippen LogP contribution is 2.22. The van der Waals surface area contributed by atoms with Crippen LogP contribution in [0.1, 0.15) is 17.7 Å². The fourth-order valence-corrected chi connectivity index (χ4v) is 4.16. The lowest BCUT2D eigenvalue weighted by Crippen LogP contribution is -2.54. The van der Waals surface area contributed by atoms with E-state index >= 15 is 0 Å². The second-order valence-corrected chi connectivity index (χ2v) is 8.23. The number of hydrogen-bond donors (Lipinski definition) is 0. The van der Waals surface area contributed by atoms with Crippen molar-refractivity contribution in [2.45, 2.75) is 19.5 Å². The quantitative estimate of drug-likeness (QED) is 0.776. The molecular weight excluding hydrogens is 372 g/mol. The predicted molar refractivity (Wildman–Crippen MR) is 111 cm³/mol. The number of pyridine rings is 1. The standard InChI is InChI=1S/C22H27ClN4O/c23-20-7-5-18(6-8-20)14-26-15-19(16-26)22(28)27-11-3-10-25(12-13-27)17-21-4-1-2-9-24-21/h1-2,4-9,19H,3,10-17H2. The van der Waals surface area contributed by atoms with E-state index in [1.807, 2.05) is 30.5 Å². The lowest BCUT2D eigenvalue weighted by atomic mass is 9.97. The van der Waals surface area contributed by atoms with Gasteiger partial charge in [-0.25, -0.2) is 0 Å². The zero-order valence-corrected chi connectivity index (χ0v) is 16.9. The van der Waals surface area contributed by atoms with Gasteiger partial charge in [-0.2, -0.15) is 0 Å². The van der Waals surface area contributed by atoms with Crippen molar-refractivity contribution in [2.24, 2.45) is 5.92 Å². The Morgan fingerprint density at radius 3 is 2.54 bits per heavy atom. The summed E-state index contributed by atoms with van der Waals surface area (Å²) in [6, 6.07) is 14.0. The molecule has 28 heavy (non-hydrogen) atoms. The number of likely N-dealkylation sites (tertiary alicyclic amines) is 1. The van der Waals surface area contributed by atoms with E-state index in [4.69, 9.17) is 11.6 Å². The molecule has 0 atom stereocenters. The van der Waals surface area contributed by atoms with Crippen LogP contribution in [-0.4, -0.2) is 64.9 Å². The maximum Gasteiger partial charge on any atom is 0.228 e. The van der Waals surface area contributed by atoms with Gasteiger partial charge in [-0.05, 0) is 36.2 Å². The molecule has 5 nitrogen and oxygen atoms in total. The van der Waals surface area contributed by atoms with E-state index < -0.39 is 0 Å². The van der Waals surface area contributed by atoms with Gasteiger partial charge in [-0.1, -0.05) is 29.8 Å². The fraction of sp³-hybridized carbons (Fsp3) is 0.455. The Kier molecular flexibility index (Phi) is 6.25. The van der Waals surface area contributed by atoms with Crippen molar-refractivity contribution in [3.8, 4) is 0 Å². The first-order valence-corrected chi connectivity index (χ1v) is 10.4. The third-order valence-corrected chi connectivity index (χ3v) is 5.89. The Labute approximate surface area is 171 Å². The van der Waals surface area contributed by atoms with Crippen molar-refractivity contribution < 1.29 is 4.79 Å². The molecule has 2 aliphatic heterocycles. The highest BCUT2D eigenvalue weighted by molar-refractivity contribution is 6.30. The minimum absolute atomic E-state index is 0.148. The number of hydrogen-bond acceptors (Lipinski definition) is 4. The topological polar surface area (TPSA) is 39.7 Å². The number of carbonyl (C=O) groups excluding carboxylic acids is 1. The molecule has 0 unspecified atom stereocenters. The summed E-state index contributed by atoms with van der Waals surface area (Å²) in [6.07, 6.45) is 2.87. The molecule has 2 aliphatic rings. The molecule has 0 radical (unpaired) electrons. The Morgan fingerprint density at radius 2 is 1.79 bits per heavy atom. The van der Waals surface area contributed by atoms with E-state index in [9.17, 15) is 4.79 Å². The van der Waals surface area contributed by atoms with Crippen molar-refractivity contribution in [2.75, 3.05) is 39.3 Å². The molecule has 0 bridgehead atoms. The molecule has 0 saturated carbocycles. The minimum atomic E-state index is 0.148. The van der Waals surface area contributed by atoms with Crippen LogP contribution in [0.2, 0.25) is 5.02 Å². The number of carbonyl (C=O) groups is 1. The molecule has 148 valence electrons. The van der Waals surface area contributed by atoms with Gasteiger partial charge in [0, 0.05) is 63.6 Å². The maximum absolute atomic E-state index is 12.9. The molecular formula is C22H27ClN4O. The van der Waals surface area contributed by atoms with Crippen molar-refractivity contribution in [3.05, 3.63) is 64.9 Å².